The Hall–Kier alpha value is 0.1000. The van der Waals surface area contributed by atoms with Gasteiger partial charge in [0.15, 0.2) is 0 Å². The molecule has 0 saturated heterocycles. The topological polar surface area (TPSA) is 29.5 Å². The van der Waals surface area contributed by atoms with Crippen molar-refractivity contribution in [3.8, 4) is 0 Å². The molecule has 2 rings (SSSR count). The molecule has 4 heteroatoms. The van der Waals surface area contributed by atoms with Crippen molar-refractivity contribution in [3.63, 3.8) is 0 Å². The Morgan fingerprint density at radius 2 is 2.12 bits per heavy atom. The zero-order valence-corrected chi connectivity index (χ0v) is 12.9. The van der Waals surface area contributed by atoms with E-state index < -0.39 is 6.10 Å². The Labute approximate surface area is 119 Å². The molecule has 1 aliphatic rings. The van der Waals surface area contributed by atoms with Crippen molar-refractivity contribution >= 4 is 31.9 Å². The summed E-state index contributed by atoms with van der Waals surface area (Å²) in [5, 5.41) is 10.3. The molecular formula is C13H16Br2O2. The maximum Gasteiger partial charge on any atom is 0.0828 e. The van der Waals surface area contributed by atoms with Crippen molar-refractivity contribution in [2.75, 3.05) is 7.11 Å². The molecule has 0 heterocycles. The van der Waals surface area contributed by atoms with Gasteiger partial charge in [-0.3, -0.25) is 0 Å². The van der Waals surface area contributed by atoms with E-state index in [1.165, 1.54) is 6.42 Å². The molecule has 1 aliphatic carbocycles. The average Bonchev–Trinajstić information content (AvgIpc) is 2.26. The Morgan fingerprint density at radius 1 is 1.41 bits per heavy atom. The van der Waals surface area contributed by atoms with Gasteiger partial charge in [-0.15, -0.1) is 0 Å². The lowest BCUT2D eigenvalue weighted by atomic mass is 9.75. The van der Waals surface area contributed by atoms with Crippen molar-refractivity contribution in [3.05, 3.63) is 32.7 Å². The molecular weight excluding hydrogens is 348 g/mol. The Bertz CT molecular complexity index is 397. The van der Waals surface area contributed by atoms with E-state index in [4.69, 9.17) is 4.74 Å². The van der Waals surface area contributed by atoms with E-state index in [1.54, 1.807) is 7.11 Å². The van der Waals surface area contributed by atoms with Crippen LogP contribution in [0.15, 0.2) is 27.1 Å². The van der Waals surface area contributed by atoms with E-state index >= 15 is 0 Å². The minimum absolute atomic E-state index is 0.110. The fourth-order valence-electron chi connectivity index (χ4n) is 2.29. The SMILES string of the molecule is COC1(CC(O)c2cc(Br)ccc2Br)CCC1. The zero-order chi connectivity index (χ0) is 12.5. The van der Waals surface area contributed by atoms with Crippen molar-refractivity contribution in [2.24, 2.45) is 0 Å². The summed E-state index contributed by atoms with van der Waals surface area (Å²) in [4.78, 5) is 0. The number of halogens is 2. The van der Waals surface area contributed by atoms with Gasteiger partial charge < -0.3 is 9.84 Å². The second-order valence-corrected chi connectivity index (χ2v) is 6.40. The molecule has 1 N–H and O–H groups in total. The van der Waals surface area contributed by atoms with Crippen LogP contribution in [0.2, 0.25) is 0 Å². The molecule has 0 aliphatic heterocycles. The van der Waals surface area contributed by atoms with Crippen LogP contribution in [-0.4, -0.2) is 17.8 Å². The quantitative estimate of drug-likeness (QED) is 0.868. The molecule has 0 aromatic heterocycles. The smallest absolute Gasteiger partial charge is 0.0828 e. The lowest BCUT2D eigenvalue weighted by Gasteiger charge is -2.42. The van der Waals surface area contributed by atoms with Gasteiger partial charge in [0.1, 0.15) is 0 Å². The standard InChI is InChI=1S/C13H16Br2O2/c1-17-13(5-2-6-13)8-12(16)10-7-9(14)3-4-11(10)15/h3-4,7,12,16H,2,5-6,8H2,1H3. The van der Waals surface area contributed by atoms with Gasteiger partial charge in [0, 0.05) is 22.5 Å². The van der Waals surface area contributed by atoms with Gasteiger partial charge in [-0.1, -0.05) is 31.9 Å². The van der Waals surface area contributed by atoms with E-state index in [2.05, 4.69) is 31.9 Å². The normalized spacial score (nSPS) is 19.8. The second kappa shape index (κ2) is 5.39. The van der Waals surface area contributed by atoms with E-state index in [0.29, 0.717) is 6.42 Å². The summed E-state index contributed by atoms with van der Waals surface area (Å²) in [7, 11) is 1.74. The largest absolute Gasteiger partial charge is 0.388 e. The van der Waals surface area contributed by atoms with Crippen molar-refractivity contribution in [2.45, 2.75) is 37.4 Å². The first-order valence-electron chi connectivity index (χ1n) is 5.74. The summed E-state index contributed by atoms with van der Waals surface area (Å²) in [5.74, 6) is 0. The summed E-state index contributed by atoms with van der Waals surface area (Å²) in [6.45, 7) is 0. The molecule has 1 aromatic rings. The maximum absolute atomic E-state index is 10.3. The van der Waals surface area contributed by atoms with E-state index in [1.807, 2.05) is 18.2 Å². The number of aliphatic hydroxyl groups is 1. The summed E-state index contributed by atoms with van der Waals surface area (Å²) < 4.78 is 7.47. The molecule has 1 atom stereocenters. The fourth-order valence-corrected chi connectivity index (χ4v) is 3.18. The molecule has 2 nitrogen and oxygen atoms in total. The van der Waals surface area contributed by atoms with E-state index in [0.717, 1.165) is 27.4 Å². The van der Waals surface area contributed by atoms with Crippen LogP contribution in [0.3, 0.4) is 0 Å². The van der Waals surface area contributed by atoms with Crippen LogP contribution in [0.1, 0.15) is 37.4 Å². The third-order valence-electron chi connectivity index (χ3n) is 3.58. The third kappa shape index (κ3) is 2.92. The molecule has 1 fully saturated rings. The predicted octanol–water partition coefficient (Wildman–Crippen LogP) is 4.20. The molecule has 1 unspecified atom stereocenters. The molecule has 17 heavy (non-hydrogen) atoms. The highest BCUT2D eigenvalue weighted by molar-refractivity contribution is 9.11. The Balaban J connectivity index is 2.13. The van der Waals surface area contributed by atoms with Crippen LogP contribution >= 0.6 is 31.9 Å². The van der Waals surface area contributed by atoms with Crippen LogP contribution in [0, 0.1) is 0 Å². The second-order valence-electron chi connectivity index (χ2n) is 4.63. The van der Waals surface area contributed by atoms with E-state index in [9.17, 15) is 5.11 Å². The number of hydrogen-bond acceptors (Lipinski definition) is 2. The van der Waals surface area contributed by atoms with Crippen LogP contribution < -0.4 is 0 Å². The Kier molecular flexibility index (Phi) is 4.29. The van der Waals surface area contributed by atoms with Gasteiger partial charge in [-0.05, 0) is 43.0 Å². The predicted molar refractivity (Wildman–Crippen MR) is 75.0 cm³/mol. The minimum atomic E-state index is -0.484. The lowest BCUT2D eigenvalue weighted by Crippen LogP contribution is -2.40. The van der Waals surface area contributed by atoms with Crippen molar-refractivity contribution < 1.29 is 9.84 Å². The van der Waals surface area contributed by atoms with Crippen LogP contribution in [0.5, 0.6) is 0 Å². The Morgan fingerprint density at radius 3 is 2.65 bits per heavy atom. The lowest BCUT2D eigenvalue weighted by molar-refractivity contribution is -0.1000. The van der Waals surface area contributed by atoms with E-state index in [-0.39, 0.29) is 5.60 Å². The number of methoxy groups -OCH3 is 1. The average molecular weight is 364 g/mol. The molecule has 0 spiro atoms. The summed E-state index contributed by atoms with van der Waals surface area (Å²) in [5.41, 5.74) is 0.809. The summed E-state index contributed by atoms with van der Waals surface area (Å²) in [6, 6.07) is 5.86. The first-order chi connectivity index (χ1) is 8.06. The first kappa shape index (κ1) is 13.5. The first-order valence-corrected chi connectivity index (χ1v) is 7.33. The van der Waals surface area contributed by atoms with Crippen molar-refractivity contribution in [1.82, 2.24) is 0 Å². The molecule has 0 amide bonds. The minimum Gasteiger partial charge on any atom is -0.388 e. The summed E-state index contributed by atoms with van der Waals surface area (Å²) in [6.07, 6.45) is 3.47. The summed E-state index contributed by atoms with van der Waals surface area (Å²) >= 11 is 6.91. The highest BCUT2D eigenvalue weighted by Gasteiger charge is 2.39. The van der Waals surface area contributed by atoms with Gasteiger partial charge in [0.05, 0.1) is 11.7 Å². The van der Waals surface area contributed by atoms with Gasteiger partial charge in [-0.25, -0.2) is 0 Å². The molecule has 94 valence electrons. The molecule has 1 aromatic carbocycles. The monoisotopic (exact) mass is 362 g/mol. The number of aliphatic hydroxyl groups excluding tert-OH is 1. The number of rotatable bonds is 4. The van der Waals surface area contributed by atoms with Crippen LogP contribution in [-0.2, 0) is 4.74 Å². The number of ether oxygens (including phenoxy) is 1. The maximum atomic E-state index is 10.3. The fraction of sp³-hybridized carbons (Fsp3) is 0.538. The van der Waals surface area contributed by atoms with Gasteiger partial charge in [0.2, 0.25) is 0 Å². The van der Waals surface area contributed by atoms with Gasteiger partial charge in [-0.2, -0.15) is 0 Å². The highest BCUT2D eigenvalue weighted by Crippen LogP contribution is 2.43. The van der Waals surface area contributed by atoms with Crippen LogP contribution in [0.25, 0.3) is 0 Å². The number of hydrogen-bond donors (Lipinski definition) is 1. The van der Waals surface area contributed by atoms with Gasteiger partial charge in [0.25, 0.3) is 0 Å². The van der Waals surface area contributed by atoms with Crippen molar-refractivity contribution in [1.29, 1.82) is 0 Å². The zero-order valence-electron chi connectivity index (χ0n) is 9.75. The molecule has 1 saturated carbocycles. The number of benzene rings is 1. The molecule has 0 bridgehead atoms. The molecule has 0 radical (unpaired) electrons. The highest BCUT2D eigenvalue weighted by atomic mass is 79.9. The van der Waals surface area contributed by atoms with Gasteiger partial charge >= 0.3 is 0 Å². The van der Waals surface area contributed by atoms with Crippen LogP contribution in [0.4, 0.5) is 0 Å². The third-order valence-corrected chi connectivity index (χ3v) is 4.80.